The van der Waals surface area contributed by atoms with Gasteiger partial charge < -0.3 is 4.90 Å². The van der Waals surface area contributed by atoms with Crippen LogP contribution in [0.15, 0.2) is 54.6 Å². The van der Waals surface area contributed by atoms with Gasteiger partial charge in [0, 0.05) is 30.7 Å². The van der Waals surface area contributed by atoms with E-state index >= 15 is 0 Å². The molecule has 108 valence electrons. The molecule has 0 amide bonds. The van der Waals surface area contributed by atoms with E-state index in [0.717, 1.165) is 16.8 Å². The van der Waals surface area contributed by atoms with Crippen LogP contribution < -0.4 is 4.90 Å². The highest BCUT2D eigenvalue weighted by molar-refractivity contribution is 5.85. The van der Waals surface area contributed by atoms with Crippen molar-refractivity contribution in [2.24, 2.45) is 0 Å². The first-order chi connectivity index (χ1) is 9.65. The minimum absolute atomic E-state index is 0. The monoisotopic (exact) mass is 298 g/mol. The number of hydrogen-bond donors (Lipinski definition) is 0. The van der Waals surface area contributed by atoms with Gasteiger partial charge >= 0.3 is 0 Å². The Kier molecular flexibility index (Phi) is 4.49. The van der Waals surface area contributed by atoms with E-state index in [0.29, 0.717) is 0 Å². The van der Waals surface area contributed by atoms with Crippen LogP contribution in [0.1, 0.15) is 5.56 Å². The van der Waals surface area contributed by atoms with Crippen LogP contribution in [-0.2, 0) is 0 Å². The summed E-state index contributed by atoms with van der Waals surface area (Å²) in [6, 6.07) is 19.0. The molecule has 21 heavy (non-hydrogen) atoms. The maximum absolute atomic E-state index is 4.77. The zero-order chi connectivity index (χ0) is 14.1. The Morgan fingerprint density at radius 3 is 2.24 bits per heavy atom. The normalized spacial score (nSPS) is 10.2. The second-order valence-corrected chi connectivity index (χ2v) is 5.28. The lowest BCUT2D eigenvalue weighted by Gasteiger charge is -2.13. The van der Waals surface area contributed by atoms with Crippen molar-refractivity contribution in [3.05, 3.63) is 60.2 Å². The smallest absolute Gasteiger partial charge is 0.0712 e. The molecule has 1 heterocycles. The molecule has 0 atom stereocenters. The Bertz CT molecular complexity index is 749. The minimum Gasteiger partial charge on any atom is -0.378 e. The third-order valence-corrected chi connectivity index (χ3v) is 3.60. The molecule has 1 aromatic heterocycles. The molecule has 2 aromatic carbocycles. The first-order valence-corrected chi connectivity index (χ1v) is 6.79. The molecule has 0 bridgehead atoms. The van der Waals surface area contributed by atoms with Gasteiger partial charge in [0.05, 0.1) is 11.2 Å². The van der Waals surface area contributed by atoms with Crippen LogP contribution in [0, 0.1) is 6.92 Å². The van der Waals surface area contributed by atoms with E-state index in [-0.39, 0.29) is 12.4 Å². The molecular weight excluding hydrogens is 280 g/mol. The van der Waals surface area contributed by atoms with Gasteiger partial charge in [-0.05, 0) is 36.8 Å². The number of rotatable bonds is 2. The van der Waals surface area contributed by atoms with E-state index in [9.17, 15) is 0 Å². The van der Waals surface area contributed by atoms with Crippen LogP contribution in [0.25, 0.3) is 22.2 Å². The summed E-state index contributed by atoms with van der Waals surface area (Å²) in [5.41, 5.74) is 5.71. The Hall–Kier alpha value is -2.06. The largest absolute Gasteiger partial charge is 0.378 e. The van der Waals surface area contributed by atoms with Gasteiger partial charge in [0.25, 0.3) is 0 Å². The average Bonchev–Trinajstić information content (AvgIpc) is 2.47. The summed E-state index contributed by atoms with van der Waals surface area (Å²) in [4.78, 5) is 6.87. The summed E-state index contributed by atoms with van der Waals surface area (Å²) in [7, 11) is 4.10. The number of halogens is 1. The average molecular weight is 299 g/mol. The lowest BCUT2D eigenvalue weighted by Crippen LogP contribution is -2.07. The van der Waals surface area contributed by atoms with E-state index in [2.05, 4.69) is 60.4 Å². The molecule has 3 rings (SSSR count). The fourth-order valence-electron chi connectivity index (χ4n) is 2.43. The number of benzene rings is 2. The molecule has 0 spiro atoms. The van der Waals surface area contributed by atoms with Crippen molar-refractivity contribution in [1.82, 2.24) is 4.98 Å². The first-order valence-electron chi connectivity index (χ1n) is 6.79. The van der Waals surface area contributed by atoms with E-state index in [1.807, 2.05) is 20.2 Å². The lowest BCUT2D eigenvalue weighted by molar-refractivity contribution is 1.13. The molecule has 0 aliphatic heterocycles. The van der Waals surface area contributed by atoms with Crippen molar-refractivity contribution in [1.29, 1.82) is 0 Å². The summed E-state index contributed by atoms with van der Waals surface area (Å²) in [6.07, 6.45) is 0. The number of hydrogen-bond acceptors (Lipinski definition) is 2. The number of pyridine rings is 1. The summed E-state index contributed by atoms with van der Waals surface area (Å²) in [6.45, 7) is 2.14. The van der Waals surface area contributed by atoms with Gasteiger partial charge in [-0.15, -0.1) is 12.4 Å². The summed E-state index contributed by atoms with van der Waals surface area (Å²) in [5.74, 6) is 0. The maximum atomic E-state index is 4.77. The van der Waals surface area contributed by atoms with Crippen LogP contribution >= 0.6 is 12.4 Å². The van der Waals surface area contributed by atoms with Gasteiger partial charge in [-0.2, -0.15) is 0 Å². The molecule has 2 nitrogen and oxygen atoms in total. The second kappa shape index (κ2) is 6.15. The Balaban J connectivity index is 0.00000161. The van der Waals surface area contributed by atoms with Crippen molar-refractivity contribution in [2.45, 2.75) is 6.92 Å². The molecule has 0 fully saturated rings. The molecule has 0 saturated heterocycles. The van der Waals surface area contributed by atoms with Crippen LogP contribution in [0.4, 0.5) is 5.69 Å². The zero-order valence-electron chi connectivity index (χ0n) is 12.5. The van der Waals surface area contributed by atoms with E-state index < -0.39 is 0 Å². The number of anilines is 1. The quantitative estimate of drug-likeness (QED) is 0.682. The van der Waals surface area contributed by atoms with Crippen LogP contribution in [0.2, 0.25) is 0 Å². The summed E-state index contributed by atoms with van der Waals surface area (Å²) >= 11 is 0. The van der Waals surface area contributed by atoms with Gasteiger partial charge in [-0.25, -0.2) is 4.98 Å². The van der Waals surface area contributed by atoms with Crippen molar-refractivity contribution in [3.63, 3.8) is 0 Å². The number of para-hydroxylation sites is 1. The van der Waals surface area contributed by atoms with Gasteiger partial charge in [0.1, 0.15) is 0 Å². The molecule has 0 saturated carbocycles. The van der Waals surface area contributed by atoms with Crippen molar-refractivity contribution >= 4 is 29.0 Å². The zero-order valence-corrected chi connectivity index (χ0v) is 13.3. The standard InChI is InChI=1S/C18H18N2.ClH/c1-13-12-18(19-17-7-5-4-6-16(13)17)14-8-10-15(11-9-14)20(2)3;/h4-12H,1-3H3;1H. The molecule has 3 heteroatoms. The summed E-state index contributed by atoms with van der Waals surface area (Å²) in [5, 5.41) is 1.22. The number of aromatic nitrogens is 1. The van der Waals surface area contributed by atoms with Crippen molar-refractivity contribution in [3.8, 4) is 11.3 Å². The molecule has 0 unspecified atom stereocenters. The molecule has 0 aliphatic carbocycles. The molecular formula is C18H19ClN2. The third kappa shape index (κ3) is 3.01. The number of fused-ring (bicyclic) bond motifs is 1. The summed E-state index contributed by atoms with van der Waals surface area (Å²) < 4.78 is 0. The van der Waals surface area contributed by atoms with Crippen LogP contribution in [-0.4, -0.2) is 19.1 Å². The maximum Gasteiger partial charge on any atom is 0.0712 e. The Labute approximate surface area is 131 Å². The highest BCUT2D eigenvalue weighted by atomic mass is 35.5. The van der Waals surface area contributed by atoms with Gasteiger partial charge in [-0.3, -0.25) is 0 Å². The first kappa shape index (κ1) is 15.3. The number of nitrogens with zero attached hydrogens (tertiary/aromatic N) is 2. The van der Waals surface area contributed by atoms with Crippen molar-refractivity contribution in [2.75, 3.05) is 19.0 Å². The van der Waals surface area contributed by atoms with E-state index in [1.54, 1.807) is 0 Å². The SMILES string of the molecule is Cc1cc(-c2ccc(N(C)C)cc2)nc2ccccc12.Cl. The second-order valence-electron chi connectivity index (χ2n) is 5.28. The van der Waals surface area contributed by atoms with Gasteiger partial charge in [0.2, 0.25) is 0 Å². The molecule has 3 aromatic rings. The van der Waals surface area contributed by atoms with Crippen molar-refractivity contribution < 1.29 is 0 Å². The highest BCUT2D eigenvalue weighted by Gasteiger charge is 2.05. The lowest BCUT2D eigenvalue weighted by atomic mass is 10.0. The molecule has 0 aliphatic rings. The fraction of sp³-hybridized carbons (Fsp3) is 0.167. The van der Waals surface area contributed by atoms with Gasteiger partial charge in [-0.1, -0.05) is 30.3 Å². The van der Waals surface area contributed by atoms with Crippen LogP contribution in [0.5, 0.6) is 0 Å². The fourth-order valence-corrected chi connectivity index (χ4v) is 2.43. The van der Waals surface area contributed by atoms with Crippen LogP contribution in [0.3, 0.4) is 0 Å². The molecule has 0 radical (unpaired) electrons. The topological polar surface area (TPSA) is 16.1 Å². The predicted molar refractivity (Wildman–Crippen MR) is 93.5 cm³/mol. The Morgan fingerprint density at radius 1 is 0.905 bits per heavy atom. The Morgan fingerprint density at radius 2 is 1.57 bits per heavy atom. The van der Waals surface area contributed by atoms with E-state index in [1.165, 1.54) is 16.6 Å². The van der Waals surface area contributed by atoms with E-state index in [4.69, 9.17) is 4.98 Å². The molecule has 0 N–H and O–H groups in total. The van der Waals surface area contributed by atoms with Gasteiger partial charge in [0.15, 0.2) is 0 Å². The third-order valence-electron chi connectivity index (χ3n) is 3.60. The highest BCUT2D eigenvalue weighted by Crippen LogP contribution is 2.25. The number of aryl methyl sites for hydroxylation is 1. The predicted octanol–water partition coefficient (Wildman–Crippen LogP) is 4.70. The minimum atomic E-state index is 0.